The Morgan fingerprint density at radius 2 is 2.06 bits per heavy atom. The largest absolute Gasteiger partial charge is 0.319 e. The molecule has 1 aliphatic rings. The minimum absolute atomic E-state index is 0.137. The standard InChI is InChI=1S/C15H21NO/c1-3-15(2,16)14(17)10-11-7-8-12-5-4-6-13(12)9-11/h7-9H,3-6,10,16H2,1-2H3. The van der Waals surface area contributed by atoms with E-state index in [1.807, 2.05) is 13.8 Å². The molecule has 0 amide bonds. The fourth-order valence-electron chi connectivity index (χ4n) is 2.32. The van der Waals surface area contributed by atoms with E-state index in [2.05, 4.69) is 18.2 Å². The second-order valence-electron chi connectivity index (χ2n) is 5.33. The summed E-state index contributed by atoms with van der Waals surface area (Å²) in [5, 5.41) is 0. The number of carbonyl (C=O) groups excluding carboxylic acids is 1. The summed E-state index contributed by atoms with van der Waals surface area (Å²) >= 11 is 0. The predicted molar refractivity (Wildman–Crippen MR) is 70.1 cm³/mol. The van der Waals surface area contributed by atoms with E-state index in [0.717, 1.165) is 12.0 Å². The van der Waals surface area contributed by atoms with Crippen LogP contribution in [0.4, 0.5) is 0 Å². The molecule has 0 saturated heterocycles. The zero-order valence-electron chi connectivity index (χ0n) is 10.8. The Bertz CT molecular complexity index is 435. The number of carbonyl (C=O) groups is 1. The number of hydrogen-bond acceptors (Lipinski definition) is 2. The van der Waals surface area contributed by atoms with E-state index in [-0.39, 0.29) is 5.78 Å². The Hall–Kier alpha value is -1.15. The maximum Gasteiger partial charge on any atom is 0.156 e. The smallest absolute Gasteiger partial charge is 0.156 e. The number of fused-ring (bicyclic) bond motifs is 1. The third-order valence-electron chi connectivity index (χ3n) is 3.90. The zero-order chi connectivity index (χ0) is 12.5. The second kappa shape index (κ2) is 4.61. The highest BCUT2D eigenvalue weighted by atomic mass is 16.1. The molecular weight excluding hydrogens is 210 g/mol. The van der Waals surface area contributed by atoms with Gasteiger partial charge in [0.25, 0.3) is 0 Å². The van der Waals surface area contributed by atoms with E-state index in [1.165, 1.54) is 24.0 Å². The van der Waals surface area contributed by atoms with Crippen LogP contribution in [0.15, 0.2) is 18.2 Å². The average Bonchev–Trinajstić information content (AvgIpc) is 2.76. The number of Topliss-reactive ketones (excluding diaryl/α,β-unsaturated/α-hetero) is 1. The van der Waals surface area contributed by atoms with Crippen LogP contribution < -0.4 is 5.73 Å². The van der Waals surface area contributed by atoms with Gasteiger partial charge in [0.1, 0.15) is 0 Å². The normalized spacial score (nSPS) is 17.6. The monoisotopic (exact) mass is 231 g/mol. The third-order valence-corrected chi connectivity index (χ3v) is 3.90. The molecule has 1 aromatic carbocycles. The van der Waals surface area contributed by atoms with E-state index >= 15 is 0 Å². The highest BCUT2D eigenvalue weighted by Gasteiger charge is 2.25. The van der Waals surface area contributed by atoms with Crippen LogP contribution in [-0.4, -0.2) is 11.3 Å². The Morgan fingerprint density at radius 1 is 1.35 bits per heavy atom. The Morgan fingerprint density at radius 3 is 2.76 bits per heavy atom. The van der Waals surface area contributed by atoms with Gasteiger partial charge in [-0.1, -0.05) is 25.1 Å². The highest BCUT2D eigenvalue weighted by molar-refractivity contribution is 5.89. The van der Waals surface area contributed by atoms with E-state index in [9.17, 15) is 4.79 Å². The molecule has 2 nitrogen and oxygen atoms in total. The number of aryl methyl sites for hydroxylation is 2. The lowest BCUT2D eigenvalue weighted by Gasteiger charge is -2.21. The van der Waals surface area contributed by atoms with Gasteiger partial charge in [0, 0.05) is 6.42 Å². The minimum Gasteiger partial charge on any atom is -0.319 e. The van der Waals surface area contributed by atoms with Gasteiger partial charge in [-0.2, -0.15) is 0 Å². The van der Waals surface area contributed by atoms with Crippen molar-refractivity contribution in [3.8, 4) is 0 Å². The molecule has 1 aliphatic carbocycles. The number of benzene rings is 1. The highest BCUT2D eigenvalue weighted by Crippen LogP contribution is 2.23. The van der Waals surface area contributed by atoms with Gasteiger partial charge in [0.15, 0.2) is 5.78 Å². The summed E-state index contributed by atoms with van der Waals surface area (Å²) in [5.41, 5.74) is 9.27. The van der Waals surface area contributed by atoms with E-state index in [0.29, 0.717) is 12.8 Å². The van der Waals surface area contributed by atoms with Crippen LogP contribution >= 0.6 is 0 Å². The summed E-state index contributed by atoms with van der Waals surface area (Å²) in [6, 6.07) is 6.44. The first-order valence-corrected chi connectivity index (χ1v) is 6.46. The fourth-order valence-corrected chi connectivity index (χ4v) is 2.32. The van der Waals surface area contributed by atoms with Crippen LogP contribution in [0.5, 0.6) is 0 Å². The molecule has 0 aromatic heterocycles. The Labute approximate surface area is 103 Å². The van der Waals surface area contributed by atoms with Crippen molar-refractivity contribution in [2.75, 3.05) is 0 Å². The average molecular weight is 231 g/mol. The van der Waals surface area contributed by atoms with Crippen LogP contribution in [0.3, 0.4) is 0 Å². The summed E-state index contributed by atoms with van der Waals surface area (Å²) in [7, 11) is 0. The lowest BCUT2D eigenvalue weighted by Crippen LogP contribution is -2.45. The third kappa shape index (κ3) is 2.58. The van der Waals surface area contributed by atoms with Crippen molar-refractivity contribution < 1.29 is 4.79 Å². The van der Waals surface area contributed by atoms with Crippen molar-refractivity contribution in [2.24, 2.45) is 5.73 Å². The molecule has 1 atom stereocenters. The zero-order valence-corrected chi connectivity index (χ0v) is 10.8. The summed E-state index contributed by atoms with van der Waals surface area (Å²) in [6.45, 7) is 3.78. The molecule has 2 N–H and O–H groups in total. The lowest BCUT2D eigenvalue weighted by molar-refractivity contribution is -0.123. The molecule has 17 heavy (non-hydrogen) atoms. The fraction of sp³-hybridized carbons (Fsp3) is 0.533. The van der Waals surface area contributed by atoms with Crippen molar-refractivity contribution >= 4 is 5.78 Å². The first-order chi connectivity index (χ1) is 8.03. The van der Waals surface area contributed by atoms with Gasteiger partial charge in [0.05, 0.1) is 5.54 Å². The van der Waals surface area contributed by atoms with Crippen LogP contribution in [-0.2, 0) is 24.1 Å². The summed E-state index contributed by atoms with van der Waals surface area (Å²) in [5.74, 6) is 0.137. The molecule has 0 fully saturated rings. The SMILES string of the molecule is CCC(C)(N)C(=O)Cc1ccc2c(c1)CCC2. The van der Waals surface area contributed by atoms with Crippen LogP contribution in [0, 0.1) is 0 Å². The van der Waals surface area contributed by atoms with E-state index in [1.54, 1.807) is 0 Å². The molecule has 1 aromatic rings. The van der Waals surface area contributed by atoms with Crippen molar-refractivity contribution in [1.29, 1.82) is 0 Å². The first kappa shape index (κ1) is 12.3. The van der Waals surface area contributed by atoms with Crippen molar-refractivity contribution in [3.05, 3.63) is 34.9 Å². The summed E-state index contributed by atoms with van der Waals surface area (Å²) < 4.78 is 0. The van der Waals surface area contributed by atoms with Crippen molar-refractivity contribution in [3.63, 3.8) is 0 Å². The van der Waals surface area contributed by atoms with Crippen molar-refractivity contribution in [2.45, 2.75) is 51.5 Å². The Balaban J connectivity index is 2.12. The molecule has 0 bridgehead atoms. The number of rotatable bonds is 4. The van der Waals surface area contributed by atoms with Gasteiger partial charge >= 0.3 is 0 Å². The quantitative estimate of drug-likeness (QED) is 0.864. The molecule has 0 saturated carbocycles. The van der Waals surface area contributed by atoms with Crippen LogP contribution in [0.2, 0.25) is 0 Å². The minimum atomic E-state index is -0.682. The molecule has 1 unspecified atom stereocenters. The molecule has 92 valence electrons. The van der Waals surface area contributed by atoms with Gasteiger partial charge in [0.2, 0.25) is 0 Å². The molecule has 0 radical (unpaired) electrons. The maximum absolute atomic E-state index is 12.0. The van der Waals surface area contributed by atoms with E-state index < -0.39 is 5.54 Å². The predicted octanol–water partition coefficient (Wildman–Crippen LogP) is 2.41. The molecule has 0 heterocycles. The lowest BCUT2D eigenvalue weighted by atomic mass is 9.90. The summed E-state index contributed by atoms with van der Waals surface area (Å²) in [6.07, 6.45) is 4.75. The number of nitrogens with two attached hydrogens (primary N) is 1. The van der Waals surface area contributed by atoms with Gasteiger partial charge in [-0.15, -0.1) is 0 Å². The molecule has 0 aliphatic heterocycles. The van der Waals surface area contributed by atoms with Gasteiger partial charge < -0.3 is 5.73 Å². The van der Waals surface area contributed by atoms with E-state index in [4.69, 9.17) is 5.73 Å². The topological polar surface area (TPSA) is 43.1 Å². The van der Waals surface area contributed by atoms with Crippen LogP contribution in [0.25, 0.3) is 0 Å². The molecular formula is C15H21NO. The Kier molecular flexibility index (Phi) is 3.34. The van der Waals surface area contributed by atoms with Crippen LogP contribution in [0.1, 0.15) is 43.4 Å². The van der Waals surface area contributed by atoms with Gasteiger partial charge in [-0.3, -0.25) is 4.79 Å². The van der Waals surface area contributed by atoms with Gasteiger partial charge in [-0.05, 0) is 49.3 Å². The number of ketones is 1. The molecule has 0 spiro atoms. The maximum atomic E-state index is 12.0. The summed E-state index contributed by atoms with van der Waals surface area (Å²) in [4.78, 5) is 12.0. The molecule has 2 heteroatoms. The van der Waals surface area contributed by atoms with Gasteiger partial charge in [-0.25, -0.2) is 0 Å². The van der Waals surface area contributed by atoms with Crippen molar-refractivity contribution in [1.82, 2.24) is 0 Å². The second-order valence-corrected chi connectivity index (χ2v) is 5.33. The molecule has 2 rings (SSSR count). The number of hydrogen-bond donors (Lipinski definition) is 1. The first-order valence-electron chi connectivity index (χ1n) is 6.46.